The van der Waals surface area contributed by atoms with Crippen LogP contribution >= 0.6 is 15.9 Å². The van der Waals surface area contributed by atoms with E-state index in [0.29, 0.717) is 23.3 Å². The van der Waals surface area contributed by atoms with Crippen LogP contribution in [0.25, 0.3) is 0 Å². The second-order valence-electron chi connectivity index (χ2n) is 5.38. The highest BCUT2D eigenvalue weighted by molar-refractivity contribution is 9.10. The molecule has 0 N–H and O–H groups in total. The summed E-state index contributed by atoms with van der Waals surface area (Å²) in [6.45, 7) is 0. The van der Waals surface area contributed by atoms with Gasteiger partial charge in [-0.2, -0.15) is 0 Å². The summed E-state index contributed by atoms with van der Waals surface area (Å²) in [5, 5.41) is 0. The molecule has 0 unspecified atom stereocenters. The zero-order valence-corrected chi connectivity index (χ0v) is 12.0. The van der Waals surface area contributed by atoms with Gasteiger partial charge in [0.25, 0.3) is 0 Å². The highest BCUT2D eigenvalue weighted by atomic mass is 79.9. The van der Waals surface area contributed by atoms with Gasteiger partial charge in [0.1, 0.15) is 4.60 Å². The van der Waals surface area contributed by atoms with E-state index in [-0.39, 0.29) is 17.2 Å². The summed E-state index contributed by atoms with van der Waals surface area (Å²) in [7, 11) is 0. The Hall–Kier alpha value is -1.30. The molecular weight excluding hydrogens is 310 g/mol. The summed E-state index contributed by atoms with van der Waals surface area (Å²) in [4.78, 5) is 33.9. The Labute approximate surface area is 119 Å². The predicted octanol–water partition coefficient (Wildman–Crippen LogP) is 2.45. The van der Waals surface area contributed by atoms with Crippen LogP contribution in [-0.2, 0) is 9.59 Å². The maximum Gasteiger partial charge on any atom is 0.235 e. The van der Waals surface area contributed by atoms with Crippen molar-refractivity contribution in [1.82, 2.24) is 9.97 Å². The number of imide groups is 1. The van der Waals surface area contributed by atoms with E-state index in [4.69, 9.17) is 0 Å². The third-order valence-corrected chi connectivity index (χ3v) is 4.46. The van der Waals surface area contributed by atoms with E-state index in [0.717, 1.165) is 25.7 Å². The maximum absolute atomic E-state index is 12.3. The lowest BCUT2D eigenvalue weighted by atomic mass is 9.76. The normalized spacial score (nSPS) is 22.3. The molecule has 1 aromatic rings. The molecule has 2 aliphatic rings. The summed E-state index contributed by atoms with van der Waals surface area (Å²) in [6.07, 6.45) is 8.08. The zero-order valence-electron chi connectivity index (χ0n) is 10.4. The third-order valence-electron chi connectivity index (χ3n) is 4.05. The SMILES string of the molecule is O=C1CC2(CCCC2)CC(=O)N1c1cnc(Br)cn1. The predicted molar refractivity (Wildman–Crippen MR) is 72.4 cm³/mol. The molecule has 0 bridgehead atoms. The van der Waals surface area contributed by atoms with E-state index in [1.165, 1.54) is 17.3 Å². The molecule has 1 aliphatic heterocycles. The van der Waals surface area contributed by atoms with Crippen LogP contribution in [0, 0.1) is 5.41 Å². The monoisotopic (exact) mass is 323 g/mol. The second kappa shape index (κ2) is 4.67. The fraction of sp³-hybridized carbons (Fsp3) is 0.538. The summed E-state index contributed by atoms with van der Waals surface area (Å²) in [5.41, 5.74) is -0.0759. The molecule has 2 fully saturated rings. The molecule has 0 atom stereocenters. The lowest BCUT2D eigenvalue weighted by molar-refractivity contribution is -0.133. The van der Waals surface area contributed by atoms with Gasteiger partial charge in [0.2, 0.25) is 11.8 Å². The summed E-state index contributed by atoms with van der Waals surface area (Å²) in [5.74, 6) is 0.0376. The molecule has 1 aliphatic carbocycles. The standard InChI is InChI=1S/C13H14BrN3O2/c14-9-7-16-10(8-15-9)17-11(18)5-13(6-12(17)19)3-1-2-4-13/h7-8H,1-6H2. The number of hydrogen-bond acceptors (Lipinski definition) is 4. The van der Waals surface area contributed by atoms with Gasteiger partial charge in [-0.1, -0.05) is 12.8 Å². The van der Waals surface area contributed by atoms with Crippen LogP contribution in [0.5, 0.6) is 0 Å². The van der Waals surface area contributed by atoms with E-state index < -0.39 is 0 Å². The van der Waals surface area contributed by atoms with Gasteiger partial charge in [0.15, 0.2) is 5.82 Å². The fourth-order valence-electron chi connectivity index (χ4n) is 3.16. The van der Waals surface area contributed by atoms with Gasteiger partial charge in [-0.3, -0.25) is 9.59 Å². The first kappa shape index (κ1) is 12.7. The van der Waals surface area contributed by atoms with Crippen molar-refractivity contribution >= 4 is 33.6 Å². The lowest BCUT2D eigenvalue weighted by Crippen LogP contribution is -2.47. The Balaban J connectivity index is 1.86. The molecule has 1 saturated carbocycles. The van der Waals surface area contributed by atoms with Crippen molar-refractivity contribution < 1.29 is 9.59 Å². The first-order valence-corrected chi connectivity index (χ1v) is 7.22. The fourth-order valence-corrected chi connectivity index (χ4v) is 3.36. The largest absolute Gasteiger partial charge is 0.274 e. The number of carbonyl (C=O) groups is 2. The molecule has 19 heavy (non-hydrogen) atoms. The van der Waals surface area contributed by atoms with Gasteiger partial charge in [-0.05, 0) is 34.2 Å². The third kappa shape index (κ3) is 2.29. The van der Waals surface area contributed by atoms with Gasteiger partial charge in [0.05, 0.1) is 12.4 Å². The quantitative estimate of drug-likeness (QED) is 0.745. The summed E-state index contributed by atoms with van der Waals surface area (Å²) in [6, 6.07) is 0. The van der Waals surface area contributed by atoms with Crippen LogP contribution in [0.1, 0.15) is 38.5 Å². The smallest absolute Gasteiger partial charge is 0.235 e. The van der Waals surface area contributed by atoms with E-state index in [1.54, 1.807) is 0 Å². The van der Waals surface area contributed by atoms with E-state index in [2.05, 4.69) is 25.9 Å². The van der Waals surface area contributed by atoms with Crippen LogP contribution in [0.4, 0.5) is 5.82 Å². The van der Waals surface area contributed by atoms with Gasteiger partial charge < -0.3 is 0 Å². The Morgan fingerprint density at radius 3 is 2.21 bits per heavy atom. The Kier molecular flexibility index (Phi) is 3.12. The number of piperidine rings is 1. The molecule has 2 amide bonds. The van der Waals surface area contributed by atoms with E-state index in [9.17, 15) is 9.59 Å². The van der Waals surface area contributed by atoms with Crippen LogP contribution < -0.4 is 4.90 Å². The van der Waals surface area contributed by atoms with Gasteiger partial charge >= 0.3 is 0 Å². The van der Waals surface area contributed by atoms with Crippen molar-refractivity contribution in [1.29, 1.82) is 0 Å². The average Bonchev–Trinajstić information content (AvgIpc) is 2.78. The molecule has 6 heteroatoms. The highest BCUT2D eigenvalue weighted by Gasteiger charge is 2.45. The minimum Gasteiger partial charge on any atom is -0.274 e. The van der Waals surface area contributed by atoms with Crippen molar-refractivity contribution in [3.8, 4) is 0 Å². The first-order chi connectivity index (χ1) is 9.10. The first-order valence-electron chi connectivity index (χ1n) is 6.43. The maximum atomic E-state index is 12.3. The van der Waals surface area contributed by atoms with Gasteiger partial charge in [-0.15, -0.1) is 0 Å². The highest BCUT2D eigenvalue weighted by Crippen LogP contribution is 2.47. The number of halogens is 1. The van der Waals surface area contributed by atoms with Crippen molar-refractivity contribution in [2.45, 2.75) is 38.5 Å². The second-order valence-corrected chi connectivity index (χ2v) is 6.19. The van der Waals surface area contributed by atoms with Crippen molar-refractivity contribution in [3.05, 3.63) is 17.0 Å². The number of carbonyl (C=O) groups excluding carboxylic acids is 2. The molecule has 5 nitrogen and oxygen atoms in total. The Morgan fingerprint density at radius 1 is 1.05 bits per heavy atom. The molecule has 1 aromatic heterocycles. The summed E-state index contributed by atoms with van der Waals surface area (Å²) >= 11 is 3.19. The molecule has 1 saturated heterocycles. The van der Waals surface area contributed by atoms with Crippen LogP contribution in [-0.4, -0.2) is 21.8 Å². The Morgan fingerprint density at radius 2 is 1.68 bits per heavy atom. The molecule has 100 valence electrons. The molecule has 0 aromatic carbocycles. The number of aromatic nitrogens is 2. The van der Waals surface area contributed by atoms with E-state index >= 15 is 0 Å². The van der Waals surface area contributed by atoms with Crippen molar-refractivity contribution in [3.63, 3.8) is 0 Å². The minimum atomic E-state index is -0.144. The number of rotatable bonds is 1. The molecule has 2 heterocycles. The van der Waals surface area contributed by atoms with Crippen LogP contribution in [0.3, 0.4) is 0 Å². The van der Waals surface area contributed by atoms with Gasteiger partial charge in [-0.25, -0.2) is 14.9 Å². The van der Waals surface area contributed by atoms with Gasteiger partial charge in [0, 0.05) is 12.8 Å². The molecule has 1 spiro atoms. The number of nitrogens with zero attached hydrogens (tertiary/aromatic N) is 3. The Bertz CT molecular complexity index is 503. The van der Waals surface area contributed by atoms with Crippen molar-refractivity contribution in [2.24, 2.45) is 5.41 Å². The molecular formula is C13H14BrN3O2. The summed E-state index contributed by atoms with van der Waals surface area (Å²) < 4.78 is 0.584. The lowest BCUT2D eigenvalue weighted by Gasteiger charge is -2.36. The zero-order chi connectivity index (χ0) is 13.5. The van der Waals surface area contributed by atoms with E-state index in [1.807, 2.05) is 0 Å². The molecule has 3 rings (SSSR count). The number of hydrogen-bond donors (Lipinski definition) is 0. The number of anilines is 1. The minimum absolute atomic E-state index is 0.0759. The van der Waals surface area contributed by atoms with Crippen LogP contribution in [0.15, 0.2) is 17.0 Å². The van der Waals surface area contributed by atoms with Crippen LogP contribution in [0.2, 0.25) is 0 Å². The topological polar surface area (TPSA) is 63.2 Å². The van der Waals surface area contributed by atoms with Crippen molar-refractivity contribution in [2.75, 3.05) is 4.90 Å². The number of amides is 2. The molecule has 0 radical (unpaired) electrons. The average molecular weight is 324 g/mol.